The number of ether oxygens (including phenoxy) is 3. The van der Waals surface area contributed by atoms with Crippen LogP contribution in [-0.2, 0) is 14.3 Å². The number of methoxy groups -OCH3 is 2. The molecule has 2 heterocycles. The minimum atomic E-state index is -0.667. The van der Waals surface area contributed by atoms with Gasteiger partial charge in [-0.25, -0.2) is 11.4 Å². The van der Waals surface area contributed by atoms with Crippen molar-refractivity contribution in [3.63, 3.8) is 0 Å². The summed E-state index contributed by atoms with van der Waals surface area (Å²) >= 11 is 12.0. The highest BCUT2D eigenvalue weighted by Gasteiger charge is 2.28. The molecule has 0 saturated heterocycles. The highest BCUT2D eigenvalue weighted by Crippen LogP contribution is 2.44. The lowest BCUT2D eigenvalue weighted by Crippen LogP contribution is -2.29. The maximum atomic E-state index is 12.8. The molecule has 3 amide bonds. The molecule has 65 heavy (non-hydrogen) atoms. The van der Waals surface area contributed by atoms with Crippen molar-refractivity contribution in [2.24, 2.45) is 5.90 Å². The second-order valence-corrected chi connectivity index (χ2v) is 13.7. The highest BCUT2D eigenvalue weighted by atomic mass is 35.5. The minimum Gasteiger partial charge on any atom is -0.507 e. The Morgan fingerprint density at radius 2 is 1.05 bits per heavy atom. The zero-order valence-electron chi connectivity index (χ0n) is 34.5. The predicted octanol–water partition coefficient (Wildman–Crippen LogP) is 5.81. The number of nitrogens with zero attached hydrogens (tertiary/aromatic N) is 2. The first-order valence-electron chi connectivity index (χ1n) is 18.8. The molecule has 0 atom stereocenters. The summed E-state index contributed by atoms with van der Waals surface area (Å²) in [5, 5.41) is 67.9. The van der Waals surface area contributed by atoms with Crippen LogP contribution in [0.25, 0.3) is 44.9 Å². The number of phenols is 4. The molecule has 0 unspecified atom stereocenters. The molecule has 0 bridgehead atoms. The maximum absolute atomic E-state index is 12.8. The number of hydrogen-bond donors (Lipinski definition) is 10. The van der Waals surface area contributed by atoms with E-state index in [0.717, 1.165) is 12.1 Å². The smallest absolute Gasteiger partial charge is 0.307 e. The number of phenolic OH excluding ortho intramolecular Hbond substituents is 4. The molecule has 6 aromatic rings. The van der Waals surface area contributed by atoms with E-state index in [4.69, 9.17) is 56.9 Å². The molecule has 11 N–H and O–H groups in total. The minimum absolute atomic E-state index is 0.00346. The number of halogens is 2. The van der Waals surface area contributed by atoms with E-state index in [1.807, 2.05) is 0 Å². The fraction of sp³-hybridized carbons (Fsp3) is 0.190. The fourth-order valence-electron chi connectivity index (χ4n) is 5.80. The monoisotopic (exact) mass is 940 g/mol. The fourth-order valence-corrected chi connectivity index (χ4v) is 6.13. The summed E-state index contributed by atoms with van der Waals surface area (Å²) in [7, 11) is 3.04. The number of rotatable bonds is 15. The second kappa shape index (κ2) is 23.8. The van der Waals surface area contributed by atoms with E-state index in [2.05, 4.69) is 26.8 Å². The summed E-state index contributed by atoms with van der Waals surface area (Å²) in [5.74, 6) is 1.19. The lowest BCUT2D eigenvalue weighted by atomic mass is 9.98. The number of amides is 3. The number of aromatic nitrogens is 2. The lowest BCUT2D eigenvalue weighted by molar-refractivity contribution is -0.142. The van der Waals surface area contributed by atoms with Gasteiger partial charge in [-0.1, -0.05) is 57.8 Å². The first kappa shape index (κ1) is 50.1. The number of benzene rings is 4. The number of nitrogens with one attached hydrogen (secondary N) is 3. The molecule has 344 valence electrons. The number of nitrogens with two attached hydrogens (primary N) is 1. The van der Waals surface area contributed by atoms with Crippen LogP contribution in [0.2, 0.25) is 10.0 Å². The first-order chi connectivity index (χ1) is 31.2. The van der Waals surface area contributed by atoms with Gasteiger partial charge in [0, 0.05) is 31.6 Å². The van der Waals surface area contributed by atoms with Gasteiger partial charge in [0.1, 0.15) is 34.5 Å². The van der Waals surface area contributed by atoms with Crippen molar-refractivity contribution in [1.82, 2.24) is 26.4 Å². The largest absolute Gasteiger partial charge is 0.507 e. The van der Waals surface area contributed by atoms with Gasteiger partial charge in [-0.15, -0.1) is 0 Å². The van der Waals surface area contributed by atoms with Crippen LogP contribution in [0.5, 0.6) is 34.5 Å². The van der Waals surface area contributed by atoms with Crippen LogP contribution >= 0.6 is 23.2 Å². The lowest BCUT2D eigenvalue weighted by Gasteiger charge is -2.09. The third kappa shape index (κ3) is 12.6. The van der Waals surface area contributed by atoms with Crippen molar-refractivity contribution < 1.29 is 73.3 Å². The third-order valence-electron chi connectivity index (χ3n) is 8.87. The summed E-state index contributed by atoms with van der Waals surface area (Å²) in [4.78, 5) is 48.2. The molecule has 23 heteroatoms. The molecule has 0 aliphatic carbocycles. The number of carbonyl (C=O) groups excluding carboxylic acids is 4. The molecule has 0 aliphatic heterocycles. The normalized spacial score (nSPS) is 10.3. The first-order valence-corrected chi connectivity index (χ1v) is 19.6. The molecule has 0 fully saturated rings. The van der Waals surface area contributed by atoms with Crippen molar-refractivity contribution in [1.29, 1.82) is 0 Å². The van der Waals surface area contributed by atoms with E-state index in [9.17, 15) is 39.6 Å². The van der Waals surface area contributed by atoms with Crippen molar-refractivity contribution >= 4 is 46.9 Å². The second-order valence-electron chi connectivity index (χ2n) is 12.9. The van der Waals surface area contributed by atoms with Crippen molar-refractivity contribution in [2.45, 2.75) is 19.8 Å². The standard InChI is InChI=1S/C22H21ClN2O7.C20H18ClN3O7.H3NO/c1-3-31-18(28)8-9-24-22(29)20-19(12-4-6-13(30-2)7-5-12)21(32-25-20)14-10-15(23)17(27)11-16(14)26;1-30-11-4-2-10(3-5-11)17-18(20(28)22-7-6-16(27)23-29)24-31-19(17)12-8-13(21)15(26)9-14(12)25;1-2/h4-7,10-11,26-27H,3,8-9H2,1-2H3,(H,24,29);2-5,8-9,25-26,29H,6-7H2,1H3,(H,22,28)(H,23,27);2H,1H2. The molecule has 0 aliphatic rings. The molecule has 4 aromatic carbocycles. The topological polar surface area (TPSA) is 332 Å². The number of esters is 1. The van der Waals surface area contributed by atoms with E-state index in [0.29, 0.717) is 28.2 Å². The molecule has 0 spiro atoms. The zero-order chi connectivity index (χ0) is 47.8. The van der Waals surface area contributed by atoms with E-state index in [1.165, 1.54) is 31.8 Å². The van der Waals surface area contributed by atoms with Gasteiger partial charge >= 0.3 is 5.97 Å². The number of aromatic hydroxyl groups is 4. The number of hydrogen-bond acceptors (Lipinski definition) is 18. The Kier molecular flexibility index (Phi) is 18.3. The summed E-state index contributed by atoms with van der Waals surface area (Å²) in [6.07, 6.45) is -0.157. The van der Waals surface area contributed by atoms with E-state index in [1.54, 1.807) is 55.5 Å². The van der Waals surface area contributed by atoms with Gasteiger partial charge in [0.15, 0.2) is 22.9 Å². The summed E-state index contributed by atoms with van der Waals surface area (Å²) in [6.45, 7) is 1.92. The van der Waals surface area contributed by atoms with E-state index >= 15 is 0 Å². The van der Waals surface area contributed by atoms with E-state index in [-0.39, 0.29) is 105 Å². The van der Waals surface area contributed by atoms with Crippen LogP contribution in [-0.4, -0.2) is 98.8 Å². The highest BCUT2D eigenvalue weighted by molar-refractivity contribution is 6.32. The van der Waals surface area contributed by atoms with Crippen molar-refractivity contribution in [3.8, 4) is 79.4 Å². The summed E-state index contributed by atoms with van der Waals surface area (Å²) in [5.41, 5.74) is 3.18. The molecular weight excluding hydrogens is 899 g/mol. The van der Waals surface area contributed by atoms with Crippen LogP contribution in [0.1, 0.15) is 40.7 Å². The van der Waals surface area contributed by atoms with Crippen molar-refractivity contribution in [2.75, 3.05) is 33.9 Å². The summed E-state index contributed by atoms with van der Waals surface area (Å²) < 4.78 is 26.0. The Morgan fingerprint density at radius 1 is 0.646 bits per heavy atom. The molecule has 21 nitrogen and oxygen atoms in total. The van der Waals surface area contributed by atoms with Gasteiger partial charge in [-0.05, 0) is 54.4 Å². The maximum Gasteiger partial charge on any atom is 0.307 e. The van der Waals surface area contributed by atoms with Crippen molar-refractivity contribution in [3.05, 3.63) is 94.2 Å². The Morgan fingerprint density at radius 3 is 1.42 bits per heavy atom. The molecule has 0 saturated carbocycles. The molecular formula is C42H42Cl2N6O15. The van der Waals surface area contributed by atoms with Gasteiger partial charge in [-0.3, -0.25) is 24.4 Å². The van der Waals surface area contributed by atoms with Gasteiger partial charge in [-0.2, -0.15) is 0 Å². The summed E-state index contributed by atoms with van der Waals surface area (Å²) in [6, 6.07) is 18.2. The molecule has 2 aromatic heterocycles. The van der Waals surface area contributed by atoms with Gasteiger partial charge < -0.3 is 59.5 Å². The third-order valence-corrected chi connectivity index (χ3v) is 9.48. The van der Waals surface area contributed by atoms with Gasteiger partial charge in [0.2, 0.25) is 5.91 Å². The Bertz CT molecular complexity index is 2600. The SMILES string of the molecule is CCOC(=O)CCNC(=O)c1noc(-c2cc(Cl)c(O)cc2O)c1-c1ccc(OC)cc1.COc1ccc(-c2c(C(=O)NCCC(=O)NO)noc2-c2cc(Cl)c(O)cc2O)cc1.NO. The van der Waals surface area contributed by atoms with Crippen LogP contribution in [0, 0.1) is 0 Å². The quantitative estimate of drug-likeness (QED) is 0.0330. The number of carbonyl (C=O) groups is 4. The molecule has 6 rings (SSSR count). The Hall–Kier alpha value is -7.56. The Balaban J connectivity index is 0.000000274. The van der Waals surface area contributed by atoms with Gasteiger partial charge in [0.05, 0.1) is 59.5 Å². The van der Waals surface area contributed by atoms with Crippen LogP contribution in [0.4, 0.5) is 0 Å². The van der Waals surface area contributed by atoms with Gasteiger partial charge in [0.25, 0.3) is 11.8 Å². The average Bonchev–Trinajstić information content (AvgIpc) is 3.96. The Labute approximate surface area is 378 Å². The van der Waals surface area contributed by atoms with Crippen LogP contribution < -0.4 is 31.5 Å². The predicted molar refractivity (Wildman–Crippen MR) is 231 cm³/mol. The van der Waals surface area contributed by atoms with Crippen LogP contribution in [0.15, 0.2) is 81.8 Å². The molecule has 0 radical (unpaired) electrons. The zero-order valence-corrected chi connectivity index (χ0v) is 36.1. The number of hydroxylamine groups is 1. The van der Waals surface area contributed by atoms with Crippen LogP contribution in [0.3, 0.4) is 0 Å². The average molecular weight is 942 g/mol. The van der Waals surface area contributed by atoms with E-state index < -0.39 is 23.7 Å².